The fraction of sp³-hybridized carbons (Fsp3) is 0.875. The number of hydrogen-bond donors (Lipinski definition) is 1. The first kappa shape index (κ1) is 20.1. The van der Waals surface area contributed by atoms with Crippen LogP contribution in [0.4, 0.5) is 4.79 Å². The highest BCUT2D eigenvalue weighted by Crippen LogP contribution is 2.32. The summed E-state index contributed by atoms with van der Waals surface area (Å²) in [5, 5.41) is 6.37. The largest absolute Gasteiger partial charge is 0.458 e. The molecular weight excluding hydrogens is 312 g/mol. The van der Waals surface area contributed by atoms with Gasteiger partial charge >= 0.3 is 12.1 Å². The Labute approximate surface area is 142 Å². The first-order chi connectivity index (χ1) is 10.9. The first-order valence-corrected chi connectivity index (χ1v) is 8.19. The van der Waals surface area contributed by atoms with Crippen molar-refractivity contribution in [3.8, 4) is 0 Å². The maximum atomic E-state index is 12.6. The molecule has 0 unspecified atom stereocenters. The van der Waals surface area contributed by atoms with Crippen molar-refractivity contribution >= 4 is 12.1 Å². The third-order valence-electron chi connectivity index (χ3n) is 3.49. The van der Waals surface area contributed by atoms with Crippen molar-refractivity contribution in [2.24, 2.45) is 11.0 Å². The highest BCUT2D eigenvalue weighted by Gasteiger charge is 2.40. The number of ether oxygens (including phenoxy) is 2. The van der Waals surface area contributed by atoms with Crippen molar-refractivity contribution in [2.45, 2.75) is 84.1 Å². The predicted octanol–water partition coefficient (Wildman–Crippen LogP) is 3.70. The molecule has 0 aromatic carbocycles. The summed E-state index contributed by atoms with van der Waals surface area (Å²) in [7, 11) is 0. The van der Waals surface area contributed by atoms with E-state index in [1.807, 2.05) is 0 Å². The molecule has 136 valence electrons. The molecule has 0 radical (unpaired) electrons. The quantitative estimate of drug-likeness (QED) is 0.364. The Morgan fingerprint density at radius 1 is 1.12 bits per heavy atom. The average Bonchev–Trinajstić information content (AvgIpc) is 2.80. The van der Waals surface area contributed by atoms with E-state index in [2.05, 4.69) is 15.3 Å². The van der Waals surface area contributed by atoms with E-state index >= 15 is 0 Å². The summed E-state index contributed by atoms with van der Waals surface area (Å²) in [6, 6.07) is -1.25. The molecule has 1 aliphatic rings. The zero-order valence-electron chi connectivity index (χ0n) is 15.3. The van der Waals surface area contributed by atoms with Gasteiger partial charge in [0, 0.05) is 11.0 Å². The zero-order valence-corrected chi connectivity index (χ0v) is 15.3. The summed E-state index contributed by atoms with van der Waals surface area (Å²) in [6.07, 6.45) is 1.49. The Morgan fingerprint density at radius 3 is 2.21 bits per heavy atom. The Bertz CT molecular complexity index is 515. The van der Waals surface area contributed by atoms with Gasteiger partial charge in [0.25, 0.3) is 0 Å². The van der Waals surface area contributed by atoms with Gasteiger partial charge in [0.15, 0.2) is 0 Å². The normalized spacial score (nSPS) is 22.2. The number of hydrogen-bond acceptors (Lipinski definition) is 5. The van der Waals surface area contributed by atoms with Crippen LogP contribution in [0.5, 0.6) is 0 Å². The highest BCUT2D eigenvalue weighted by atomic mass is 16.6. The number of amides is 1. The predicted molar refractivity (Wildman–Crippen MR) is 89.3 cm³/mol. The van der Waals surface area contributed by atoms with Gasteiger partial charge in [-0.15, -0.1) is 0 Å². The van der Waals surface area contributed by atoms with Crippen LogP contribution in [0.15, 0.2) is 5.11 Å². The molecular formula is C16H28N4O4. The Kier molecular flexibility index (Phi) is 6.49. The minimum absolute atomic E-state index is 0.303. The van der Waals surface area contributed by atoms with Gasteiger partial charge in [-0.05, 0) is 65.8 Å². The van der Waals surface area contributed by atoms with Crippen LogP contribution in [-0.4, -0.2) is 35.3 Å². The fourth-order valence-electron chi connectivity index (χ4n) is 2.71. The molecule has 1 N–H and O–H groups in total. The Morgan fingerprint density at radius 2 is 1.71 bits per heavy atom. The van der Waals surface area contributed by atoms with Crippen LogP contribution in [0.3, 0.4) is 0 Å². The lowest BCUT2D eigenvalue weighted by molar-refractivity contribution is -0.159. The molecule has 3 atom stereocenters. The molecule has 0 aliphatic heterocycles. The molecule has 1 aliphatic carbocycles. The topological polar surface area (TPSA) is 113 Å². The number of carbonyl (C=O) groups excluding carboxylic acids is 2. The molecule has 0 saturated heterocycles. The van der Waals surface area contributed by atoms with Gasteiger partial charge in [0.2, 0.25) is 0 Å². The van der Waals surface area contributed by atoms with Crippen molar-refractivity contribution in [1.82, 2.24) is 5.32 Å². The van der Waals surface area contributed by atoms with Gasteiger partial charge in [-0.25, -0.2) is 9.59 Å². The summed E-state index contributed by atoms with van der Waals surface area (Å²) in [4.78, 5) is 27.5. The van der Waals surface area contributed by atoms with E-state index in [9.17, 15) is 9.59 Å². The average molecular weight is 340 g/mol. The van der Waals surface area contributed by atoms with Crippen molar-refractivity contribution in [3.63, 3.8) is 0 Å². The molecule has 24 heavy (non-hydrogen) atoms. The van der Waals surface area contributed by atoms with Crippen molar-refractivity contribution < 1.29 is 19.1 Å². The lowest BCUT2D eigenvalue weighted by Gasteiger charge is -2.30. The number of nitrogens with zero attached hydrogens (tertiary/aromatic N) is 3. The van der Waals surface area contributed by atoms with E-state index in [4.69, 9.17) is 15.0 Å². The second-order valence-corrected chi connectivity index (χ2v) is 8.02. The molecule has 0 aromatic rings. The number of azide groups is 1. The summed E-state index contributed by atoms with van der Waals surface area (Å²) < 4.78 is 10.7. The Balaban J connectivity index is 2.96. The molecule has 1 fully saturated rings. The van der Waals surface area contributed by atoms with Crippen LogP contribution in [0.1, 0.15) is 60.8 Å². The summed E-state index contributed by atoms with van der Waals surface area (Å²) in [6.45, 7) is 10.5. The second-order valence-electron chi connectivity index (χ2n) is 8.02. The molecule has 0 spiro atoms. The van der Waals surface area contributed by atoms with Gasteiger partial charge in [-0.2, -0.15) is 0 Å². The lowest BCUT2D eigenvalue weighted by atomic mass is 9.94. The van der Waals surface area contributed by atoms with E-state index in [0.29, 0.717) is 12.8 Å². The number of rotatable bonds is 4. The van der Waals surface area contributed by atoms with Crippen molar-refractivity contribution in [1.29, 1.82) is 0 Å². The smallest absolute Gasteiger partial charge is 0.408 e. The van der Waals surface area contributed by atoms with Crippen molar-refractivity contribution in [2.75, 3.05) is 0 Å². The van der Waals surface area contributed by atoms with Gasteiger partial charge in [0.05, 0.1) is 0 Å². The molecule has 0 bridgehead atoms. The van der Waals surface area contributed by atoms with E-state index in [1.54, 1.807) is 41.5 Å². The van der Waals surface area contributed by atoms with Gasteiger partial charge in [-0.1, -0.05) is 11.5 Å². The highest BCUT2D eigenvalue weighted by molar-refractivity contribution is 5.82. The summed E-state index contributed by atoms with van der Waals surface area (Å²) >= 11 is 0. The van der Waals surface area contributed by atoms with Gasteiger partial charge in [-0.3, -0.25) is 0 Å². The molecule has 8 nitrogen and oxygen atoms in total. The van der Waals surface area contributed by atoms with Crippen LogP contribution >= 0.6 is 0 Å². The fourth-order valence-corrected chi connectivity index (χ4v) is 2.71. The first-order valence-electron chi connectivity index (χ1n) is 8.19. The molecule has 1 rings (SSSR count). The van der Waals surface area contributed by atoms with Crippen LogP contribution < -0.4 is 5.32 Å². The maximum absolute atomic E-state index is 12.6. The van der Waals surface area contributed by atoms with Crippen molar-refractivity contribution in [3.05, 3.63) is 10.4 Å². The van der Waals surface area contributed by atoms with E-state index in [-0.39, 0.29) is 12.0 Å². The van der Waals surface area contributed by atoms with Crippen LogP contribution in [0, 0.1) is 5.92 Å². The third kappa shape index (κ3) is 6.66. The zero-order chi connectivity index (χ0) is 18.5. The minimum Gasteiger partial charge on any atom is -0.458 e. The van der Waals surface area contributed by atoms with E-state index in [1.165, 1.54) is 0 Å². The number of carbonyl (C=O) groups is 2. The minimum atomic E-state index is -0.905. The van der Waals surface area contributed by atoms with E-state index in [0.717, 1.165) is 6.42 Å². The molecule has 1 amide bonds. The van der Waals surface area contributed by atoms with E-state index < -0.39 is 29.3 Å². The van der Waals surface area contributed by atoms with Crippen LogP contribution in [0.25, 0.3) is 10.4 Å². The molecule has 8 heteroatoms. The summed E-state index contributed by atoms with van der Waals surface area (Å²) in [5.41, 5.74) is 7.36. The van der Waals surface area contributed by atoms with Gasteiger partial charge in [0.1, 0.15) is 17.2 Å². The maximum Gasteiger partial charge on any atom is 0.408 e. The lowest BCUT2D eigenvalue weighted by Crippen LogP contribution is -2.51. The number of esters is 1. The van der Waals surface area contributed by atoms with Crippen LogP contribution in [-0.2, 0) is 14.3 Å². The van der Waals surface area contributed by atoms with Crippen LogP contribution in [0.2, 0.25) is 0 Å². The molecule has 0 aromatic heterocycles. The SMILES string of the molecule is CC(C)(C)OC(=O)N[C@H](C(=O)OC(C)(C)C)[C@H]1CCC[C@H]1N=[N+]=[N-]. The monoisotopic (exact) mass is 340 g/mol. The third-order valence-corrected chi connectivity index (χ3v) is 3.49. The Hall–Kier alpha value is -1.95. The second kappa shape index (κ2) is 7.75. The standard InChI is InChI=1S/C16H28N4O4/c1-15(2,3)23-13(21)12(18-14(22)24-16(4,5)6)10-8-7-9-11(10)19-20-17/h10-12H,7-9H2,1-6H3,(H,18,22)/t10-,11+,12-/m0/s1. The molecule has 1 saturated carbocycles. The number of alkyl carbamates (subject to hydrolysis) is 1. The number of nitrogens with one attached hydrogen (secondary N) is 1. The van der Waals surface area contributed by atoms with Gasteiger partial charge < -0.3 is 14.8 Å². The summed E-state index contributed by atoms with van der Waals surface area (Å²) in [5.74, 6) is -0.846. The molecule has 0 heterocycles.